The first-order valence-electron chi connectivity index (χ1n) is 6.56. The van der Waals surface area contributed by atoms with Crippen LogP contribution in [0, 0.1) is 0 Å². The minimum atomic E-state index is -0.186. The summed E-state index contributed by atoms with van der Waals surface area (Å²) in [4.78, 5) is 8.54. The first kappa shape index (κ1) is 13.6. The zero-order chi connectivity index (χ0) is 14.2. The fourth-order valence-electron chi connectivity index (χ4n) is 3.11. The van der Waals surface area contributed by atoms with Gasteiger partial charge in [0.1, 0.15) is 5.15 Å². The molecule has 3 rings (SSSR count). The Kier molecular flexibility index (Phi) is 3.53. The Balaban J connectivity index is 2.24. The van der Waals surface area contributed by atoms with Crippen molar-refractivity contribution < 1.29 is 0 Å². The molecule has 0 radical (unpaired) electrons. The van der Waals surface area contributed by atoms with Crippen LogP contribution in [0.4, 0.5) is 0 Å². The fraction of sp³-hybridized carbons (Fsp3) is 0.250. The maximum atomic E-state index is 6.23. The van der Waals surface area contributed by atoms with Gasteiger partial charge in [0.25, 0.3) is 0 Å². The number of benzene rings is 1. The van der Waals surface area contributed by atoms with Crippen molar-refractivity contribution in [3.63, 3.8) is 0 Å². The number of halogens is 2. The summed E-state index contributed by atoms with van der Waals surface area (Å²) in [5, 5.41) is 0.682. The smallest absolute Gasteiger partial charge is 0.222 e. The molecule has 20 heavy (non-hydrogen) atoms. The van der Waals surface area contributed by atoms with E-state index in [0.717, 1.165) is 30.5 Å². The second-order valence-electron chi connectivity index (χ2n) is 5.05. The van der Waals surface area contributed by atoms with E-state index >= 15 is 0 Å². The number of nitrogens with zero attached hydrogens (tertiary/aromatic N) is 2. The quantitative estimate of drug-likeness (QED) is 0.471. The normalized spacial score (nSPS) is 20.7. The molecule has 1 heterocycles. The SMILES string of the molecule is C=CCC1(c2ccccc2)CCc2c(Cl)nc(Cl)nc21. The summed E-state index contributed by atoms with van der Waals surface area (Å²) in [6, 6.07) is 10.4. The Hall–Kier alpha value is -1.38. The molecule has 0 aliphatic heterocycles. The van der Waals surface area contributed by atoms with Crippen molar-refractivity contribution in [3.8, 4) is 0 Å². The lowest BCUT2D eigenvalue weighted by Gasteiger charge is -2.29. The monoisotopic (exact) mass is 304 g/mol. The topological polar surface area (TPSA) is 25.8 Å². The number of hydrogen-bond acceptors (Lipinski definition) is 2. The molecule has 1 aliphatic carbocycles. The molecule has 1 aliphatic rings. The summed E-state index contributed by atoms with van der Waals surface area (Å²) in [6.45, 7) is 3.90. The number of fused-ring (bicyclic) bond motifs is 1. The van der Waals surface area contributed by atoms with Crippen LogP contribution in [-0.4, -0.2) is 9.97 Å². The van der Waals surface area contributed by atoms with Gasteiger partial charge in [-0.1, -0.05) is 48.0 Å². The number of allylic oxidation sites excluding steroid dienone is 1. The van der Waals surface area contributed by atoms with Gasteiger partial charge >= 0.3 is 0 Å². The molecule has 1 aromatic heterocycles. The third-order valence-corrected chi connectivity index (χ3v) is 4.49. The molecule has 0 amide bonds. The molecule has 0 N–H and O–H groups in total. The first-order chi connectivity index (χ1) is 9.67. The predicted molar refractivity (Wildman–Crippen MR) is 82.4 cm³/mol. The highest BCUT2D eigenvalue weighted by Crippen LogP contribution is 2.47. The van der Waals surface area contributed by atoms with Crippen molar-refractivity contribution in [2.45, 2.75) is 24.7 Å². The average molecular weight is 305 g/mol. The predicted octanol–water partition coefficient (Wildman–Crippen LogP) is 4.59. The van der Waals surface area contributed by atoms with Crippen LogP contribution in [0.2, 0.25) is 10.4 Å². The molecule has 2 aromatic rings. The Bertz CT molecular complexity index is 655. The Labute approximate surface area is 128 Å². The minimum Gasteiger partial charge on any atom is -0.222 e. The van der Waals surface area contributed by atoms with Gasteiger partial charge in [-0.15, -0.1) is 6.58 Å². The minimum absolute atomic E-state index is 0.186. The van der Waals surface area contributed by atoms with Gasteiger partial charge in [0.2, 0.25) is 5.28 Å². The van der Waals surface area contributed by atoms with E-state index in [1.165, 1.54) is 5.56 Å². The van der Waals surface area contributed by atoms with Crippen LogP contribution >= 0.6 is 23.2 Å². The van der Waals surface area contributed by atoms with E-state index in [4.69, 9.17) is 23.2 Å². The van der Waals surface area contributed by atoms with Gasteiger partial charge in [-0.05, 0) is 36.4 Å². The standard InChI is InChI=1S/C16H14Cl2N2/c1-2-9-16(11-6-4-3-5-7-11)10-8-12-13(16)19-15(18)20-14(12)17/h2-7H,1,8-10H2. The molecule has 102 valence electrons. The van der Waals surface area contributed by atoms with Crippen molar-refractivity contribution in [3.05, 3.63) is 70.2 Å². The maximum Gasteiger partial charge on any atom is 0.224 e. The molecule has 1 aromatic carbocycles. The van der Waals surface area contributed by atoms with E-state index < -0.39 is 0 Å². The van der Waals surface area contributed by atoms with Crippen LogP contribution in [0.15, 0.2) is 43.0 Å². The van der Waals surface area contributed by atoms with E-state index in [1.54, 1.807) is 0 Å². The van der Waals surface area contributed by atoms with Crippen molar-refractivity contribution in [1.29, 1.82) is 0 Å². The second kappa shape index (κ2) is 5.19. The van der Waals surface area contributed by atoms with Crippen molar-refractivity contribution >= 4 is 23.2 Å². The van der Waals surface area contributed by atoms with Gasteiger partial charge in [-0.25, -0.2) is 9.97 Å². The molecular formula is C16H14Cl2N2. The lowest BCUT2D eigenvalue weighted by Crippen LogP contribution is -2.25. The molecule has 0 spiro atoms. The van der Waals surface area contributed by atoms with Crippen molar-refractivity contribution in [2.24, 2.45) is 0 Å². The van der Waals surface area contributed by atoms with E-state index in [9.17, 15) is 0 Å². The summed E-state index contributed by atoms with van der Waals surface area (Å²) in [6.07, 6.45) is 4.57. The summed E-state index contributed by atoms with van der Waals surface area (Å²) < 4.78 is 0. The van der Waals surface area contributed by atoms with Gasteiger partial charge in [-0.2, -0.15) is 0 Å². The largest absolute Gasteiger partial charge is 0.224 e. The summed E-state index contributed by atoms with van der Waals surface area (Å²) in [5.74, 6) is 0. The number of rotatable bonds is 3. The van der Waals surface area contributed by atoms with Crippen LogP contribution in [-0.2, 0) is 11.8 Å². The Morgan fingerprint density at radius 3 is 2.65 bits per heavy atom. The highest BCUT2D eigenvalue weighted by Gasteiger charge is 2.42. The molecule has 0 saturated heterocycles. The van der Waals surface area contributed by atoms with Gasteiger partial charge in [0.15, 0.2) is 0 Å². The van der Waals surface area contributed by atoms with E-state index in [1.807, 2.05) is 24.3 Å². The molecule has 0 fully saturated rings. The van der Waals surface area contributed by atoms with Crippen LogP contribution in [0.5, 0.6) is 0 Å². The Morgan fingerprint density at radius 1 is 1.20 bits per heavy atom. The van der Waals surface area contributed by atoms with Crippen LogP contribution in [0.3, 0.4) is 0 Å². The fourth-order valence-corrected chi connectivity index (χ4v) is 3.58. The molecule has 4 heteroatoms. The first-order valence-corrected chi connectivity index (χ1v) is 7.32. The Morgan fingerprint density at radius 2 is 1.95 bits per heavy atom. The molecule has 0 bridgehead atoms. The summed E-state index contributed by atoms with van der Waals surface area (Å²) in [5.41, 5.74) is 3.01. The average Bonchev–Trinajstić information content (AvgIpc) is 2.81. The second-order valence-corrected chi connectivity index (χ2v) is 5.75. The highest BCUT2D eigenvalue weighted by atomic mass is 35.5. The van der Waals surface area contributed by atoms with Crippen LogP contribution in [0.25, 0.3) is 0 Å². The summed E-state index contributed by atoms with van der Waals surface area (Å²) >= 11 is 12.2. The zero-order valence-electron chi connectivity index (χ0n) is 10.9. The van der Waals surface area contributed by atoms with Crippen molar-refractivity contribution in [1.82, 2.24) is 9.97 Å². The van der Waals surface area contributed by atoms with Crippen LogP contribution < -0.4 is 0 Å². The van der Waals surface area contributed by atoms with Gasteiger partial charge < -0.3 is 0 Å². The molecule has 1 unspecified atom stereocenters. The highest BCUT2D eigenvalue weighted by molar-refractivity contribution is 6.32. The molecule has 0 saturated carbocycles. The molecule has 1 atom stereocenters. The van der Waals surface area contributed by atoms with Gasteiger partial charge in [-0.3, -0.25) is 0 Å². The molecular weight excluding hydrogens is 291 g/mol. The van der Waals surface area contributed by atoms with E-state index in [-0.39, 0.29) is 10.7 Å². The summed E-state index contributed by atoms with van der Waals surface area (Å²) in [7, 11) is 0. The third kappa shape index (κ3) is 2.04. The van der Waals surface area contributed by atoms with Crippen molar-refractivity contribution in [2.75, 3.05) is 0 Å². The number of hydrogen-bond donors (Lipinski definition) is 0. The van der Waals surface area contributed by atoms with E-state index in [2.05, 4.69) is 28.7 Å². The number of aromatic nitrogens is 2. The lowest BCUT2D eigenvalue weighted by molar-refractivity contribution is 0.505. The lowest BCUT2D eigenvalue weighted by atomic mass is 9.75. The van der Waals surface area contributed by atoms with Gasteiger partial charge in [0, 0.05) is 11.0 Å². The third-order valence-electron chi connectivity index (χ3n) is 4.00. The maximum absolute atomic E-state index is 6.23. The van der Waals surface area contributed by atoms with Gasteiger partial charge in [0.05, 0.1) is 5.69 Å². The van der Waals surface area contributed by atoms with E-state index in [0.29, 0.717) is 5.15 Å². The zero-order valence-corrected chi connectivity index (χ0v) is 12.5. The van der Waals surface area contributed by atoms with Crippen LogP contribution in [0.1, 0.15) is 29.7 Å². The molecule has 2 nitrogen and oxygen atoms in total.